The molecule has 0 radical (unpaired) electrons. The molecular weight excluding hydrogens is 745 g/mol. The number of hydroxylamine groups is 1. The summed E-state index contributed by atoms with van der Waals surface area (Å²) in [6.45, 7) is 11.3. The van der Waals surface area contributed by atoms with Crippen LogP contribution in [0.2, 0.25) is 0 Å². The zero-order chi connectivity index (χ0) is 42.0. The lowest BCUT2D eigenvalue weighted by atomic mass is 9.75. The Balaban J connectivity index is 1.49. The summed E-state index contributed by atoms with van der Waals surface area (Å²) in [4.78, 5) is 57.0. The van der Waals surface area contributed by atoms with E-state index in [1.54, 1.807) is 0 Å². The third-order valence-corrected chi connectivity index (χ3v) is 9.84. The molecule has 3 unspecified atom stereocenters. The first kappa shape index (κ1) is 46.0. The minimum atomic E-state index is -1.46. The lowest BCUT2D eigenvalue weighted by Gasteiger charge is -2.48. The molecule has 3 aromatic rings. The average molecular weight is 805 g/mol. The van der Waals surface area contributed by atoms with Crippen LogP contribution in [0, 0.1) is 6.92 Å². The van der Waals surface area contributed by atoms with Crippen LogP contribution >= 0.6 is 0 Å². The number of carbonyl (C=O) groups excluding carboxylic acids is 4. The molecule has 4 rings (SSSR count). The van der Waals surface area contributed by atoms with E-state index in [1.807, 2.05) is 12.1 Å². The van der Waals surface area contributed by atoms with Crippen LogP contribution < -0.4 is 27.2 Å². The lowest BCUT2D eigenvalue weighted by Crippen LogP contribution is -2.72. The Labute approximate surface area is 341 Å². The number of esters is 3. The summed E-state index contributed by atoms with van der Waals surface area (Å²) >= 11 is 0. The summed E-state index contributed by atoms with van der Waals surface area (Å²) in [5, 5.41) is 9.83. The van der Waals surface area contributed by atoms with Gasteiger partial charge in [0.1, 0.15) is 18.2 Å². The molecule has 0 aromatic heterocycles. The molecule has 1 saturated heterocycles. The van der Waals surface area contributed by atoms with E-state index in [0.29, 0.717) is 39.3 Å². The van der Waals surface area contributed by atoms with E-state index in [9.17, 15) is 19.2 Å². The first-order valence-electron chi connectivity index (χ1n) is 19.7. The van der Waals surface area contributed by atoms with Crippen LogP contribution in [0.25, 0.3) is 0 Å². The summed E-state index contributed by atoms with van der Waals surface area (Å²) in [5.74, 6) is -2.39. The van der Waals surface area contributed by atoms with Crippen LogP contribution in [0.3, 0.4) is 0 Å². The summed E-state index contributed by atoms with van der Waals surface area (Å²) < 4.78 is 22.3. The van der Waals surface area contributed by atoms with Crippen molar-refractivity contribution in [3.05, 3.63) is 107 Å². The molecule has 58 heavy (non-hydrogen) atoms. The maximum Gasteiger partial charge on any atom is 0.303 e. The molecule has 1 aliphatic rings. The molecule has 6 N–H and O–H groups in total. The number of benzene rings is 3. The standard InChI is InChI=1S/C43H60N6O9/c1-31-16-18-38(19-17-31)43(36-12-8-6-9-13-36,37-14-10-7-11-15-37)49(26-24-45-21-20-44)27-25-46-22-23-47-56-30-42(48-32(2)50)29-55-39(28-54-33(3)51)40(57-34(4)52)41(42)58-35(5)53/h6-19,39-41,45-47H,20-30,44H2,1-5H3,(H,48,50)/t39?,40-,41?,42?/m0/s1. The van der Waals surface area contributed by atoms with Crippen molar-refractivity contribution >= 4 is 23.8 Å². The molecule has 0 bridgehead atoms. The van der Waals surface area contributed by atoms with Gasteiger partial charge >= 0.3 is 17.9 Å². The number of amides is 1. The molecule has 4 atom stereocenters. The third-order valence-electron chi connectivity index (χ3n) is 9.84. The van der Waals surface area contributed by atoms with Crippen LogP contribution in [0.15, 0.2) is 84.9 Å². The van der Waals surface area contributed by atoms with Gasteiger partial charge in [0.2, 0.25) is 5.91 Å². The highest BCUT2D eigenvalue weighted by atomic mass is 16.7. The Bertz CT molecular complexity index is 1690. The summed E-state index contributed by atoms with van der Waals surface area (Å²) in [6, 6.07) is 29.9. The highest BCUT2D eigenvalue weighted by molar-refractivity contribution is 5.74. The highest BCUT2D eigenvalue weighted by Crippen LogP contribution is 2.42. The van der Waals surface area contributed by atoms with Gasteiger partial charge in [-0.05, 0) is 23.6 Å². The lowest BCUT2D eigenvalue weighted by molar-refractivity contribution is -0.231. The van der Waals surface area contributed by atoms with Crippen molar-refractivity contribution in [1.29, 1.82) is 0 Å². The molecule has 1 amide bonds. The second-order valence-corrected chi connectivity index (χ2v) is 14.4. The minimum absolute atomic E-state index is 0.199. The van der Waals surface area contributed by atoms with Gasteiger partial charge in [0, 0.05) is 80.1 Å². The third kappa shape index (κ3) is 12.6. The SMILES string of the molecule is CC(=O)NC1(CONCCNCCN(CCNCCN)C(c2ccccc2)(c2ccccc2)c2ccc(C)cc2)COC(COC(C)=O)[C@H](OC(C)=O)C1OC(C)=O. The van der Waals surface area contributed by atoms with Crippen molar-refractivity contribution in [2.45, 2.75) is 64.0 Å². The molecule has 1 aliphatic heterocycles. The van der Waals surface area contributed by atoms with Gasteiger partial charge in [0.15, 0.2) is 12.2 Å². The quantitative estimate of drug-likeness (QED) is 0.0307. The second-order valence-electron chi connectivity index (χ2n) is 14.4. The van der Waals surface area contributed by atoms with Gasteiger partial charge in [-0.2, -0.15) is 0 Å². The summed E-state index contributed by atoms with van der Waals surface area (Å²) in [6.07, 6.45) is -3.43. The van der Waals surface area contributed by atoms with Gasteiger partial charge in [-0.3, -0.25) is 28.9 Å². The number of nitrogens with one attached hydrogen (secondary N) is 4. The van der Waals surface area contributed by atoms with Gasteiger partial charge in [-0.1, -0.05) is 90.5 Å². The Morgan fingerprint density at radius 3 is 1.86 bits per heavy atom. The van der Waals surface area contributed by atoms with Crippen molar-refractivity contribution < 1.29 is 43.0 Å². The fourth-order valence-electron chi connectivity index (χ4n) is 7.41. The Morgan fingerprint density at radius 2 is 1.33 bits per heavy atom. The number of aryl methyl sites for hydroxylation is 1. The van der Waals surface area contributed by atoms with Crippen molar-refractivity contribution in [3.8, 4) is 0 Å². The molecule has 0 spiro atoms. The zero-order valence-corrected chi connectivity index (χ0v) is 34.3. The van der Waals surface area contributed by atoms with E-state index in [4.69, 9.17) is 29.5 Å². The molecule has 3 aromatic carbocycles. The van der Waals surface area contributed by atoms with E-state index in [2.05, 4.69) is 106 Å². The number of nitrogens with zero attached hydrogens (tertiary/aromatic N) is 1. The topological polar surface area (TPSA) is 192 Å². The van der Waals surface area contributed by atoms with E-state index in [-0.39, 0.29) is 19.8 Å². The first-order valence-corrected chi connectivity index (χ1v) is 19.7. The van der Waals surface area contributed by atoms with Gasteiger partial charge in [-0.15, -0.1) is 0 Å². The fourth-order valence-corrected chi connectivity index (χ4v) is 7.41. The normalized spacial score (nSPS) is 19.3. The zero-order valence-electron chi connectivity index (χ0n) is 34.3. The van der Waals surface area contributed by atoms with E-state index in [0.717, 1.165) is 29.8 Å². The van der Waals surface area contributed by atoms with E-state index < -0.39 is 53.2 Å². The van der Waals surface area contributed by atoms with Crippen molar-refractivity contribution in [3.63, 3.8) is 0 Å². The predicted octanol–water partition coefficient (Wildman–Crippen LogP) is 1.95. The van der Waals surface area contributed by atoms with Crippen molar-refractivity contribution in [2.24, 2.45) is 5.73 Å². The maximum absolute atomic E-state index is 12.5. The number of rotatable bonds is 23. The highest BCUT2D eigenvalue weighted by Gasteiger charge is 2.56. The van der Waals surface area contributed by atoms with Crippen LogP contribution in [-0.2, 0) is 48.5 Å². The predicted molar refractivity (Wildman–Crippen MR) is 218 cm³/mol. The summed E-state index contributed by atoms with van der Waals surface area (Å²) in [7, 11) is 0. The fraction of sp³-hybridized carbons (Fsp3) is 0.488. The van der Waals surface area contributed by atoms with Crippen LogP contribution in [0.5, 0.6) is 0 Å². The van der Waals surface area contributed by atoms with Gasteiger partial charge in [-0.25, -0.2) is 5.48 Å². The van der Waals surface area contributed by atoms with Crippen LogP contribution in [0.4, 0.5) is 0 Å². The molecule has 0 saturated carbocycles. The second kappa shape index (κ2) is 23.0. The van der Waals surface area contributed by atoms with Crippen LogP contribution in [-0.4, -0.2) is 125 Å². The minimum Gasteiger partial charge on any atom is -0.463 e. The average Bonchev–Trinajstić information content (AvgIpc) is 3.19. The van der Waals surface area contributed by atoms with Crippen molar-refractivity contribution in [1.82, 2.24) is 26.3 Å². The number of nitrogens with two attached hydrogens (primary N) is 1. The number of hydrogen-bond donors (Lipinski definition) is 5. The molecule has 0 aliphatic carbocycles. The molecule has 1 heterocycles. The number of ether oxygens (including phenoxy) is 4. The molecule has 1 fully saturated rings. The Kier molecular flexibility index (Phi) is 18.2. The first-order chi connectivity index (χ1) is 27.9. The van der Waals surface area contributed by atoms with Gasteiger partial charge in [0.25, 0.3) is 0 Å². The molecule has 15 nitrogen and oxygen atoms in total. The summed E-state index contributed by atoms with van der Waals surface area (Å²) in [5.41, 5.74) is 11.3. The van der Waals surface area contributed by atoms with Crippen molar-refractivity contribution in [2.75, 3.05) is 72.2 Å². The van der Waals surface area contributed by atoms with E-state index in [1.165, 1.54) is 33.3 Å². The van der Waals surface area contributed by atoms with Gasteiger partial charge in [0.05, 0.1) is 18.8 Å². The Morgan fingerprint density at radius 1 is 0.759 bits per heavy atom. The Hall–Kier alpha value is -4.74. The monoisotopic (exact) mass is 804 g/mol. The number of hydrogen-bond acceptors (Lipinski definition) is 14. The van der Waals surface area contributed by atoms with Crippen LogP contribution in [0.1, 0.15) is 49.9 Å². The van der Waals surface area contributed by atoms with E-state index >= 15 is 0 Å². The smallest absolute Gasteiger partial charge is 0.303 e. The largest absolute Gasteiger partial charge is 0.463 e. The molecular formula is C43H60N6O9. The van der Waals surface area contributed by atoms with Gasteiger partial charge < -0.3 is 40.6 Å². The molecule has 316 valence electrons. The molecule has 15 heteroatoms. The number of carbonyl (C=O) groups is 4. The maximum atomic E-state index is 12.5.